The highest BCUT2D eigenvalue weighted by Gasteiger charge is 2.26. The van der Waals surface area contributed by atoms with E-state index in [0.29, 0.717) is 23.1 Å². The summed E-state index contributed by atoms with van der Waals surface area (Å²) in [6.07, 6.45) is 1.75. The summed E-state index contributed by atoms with van der Waals surface area (Å²) in [5.41, 5.74) is 2.43. The van der Waals surface area contributed by atoms with E-state index in [1.54, 1.807) is 6.08 Å². The molecule has 0 saturated carbocycles. The molecule has 9 heteroatoms. The third-order valence-corrected chi connectivity index (χ3v) is 6.75. The van der Waals surface area contributed by atoms with E-state index in [1.807, 2.05) is 73.9 Å². The second kappa shape index (κ2) is 12.2. The Balaban J connectivity index is 1.74. The van der Waals surface area contributed by atoms with Gasteiger partial charge < -0.3 is 15.2 Å². The largest absolute Gasteiger partial charge is 0.342 e. The van der Waals surface area contributed by atoms with Gasteiger partial charge in [0.15, 0.2) is 11.0 Å². The first-order chi connectivity index (χ1) is 16.3. The van der Waals surface area contributed by atoms with Crippen LogP contribution in [0.3, 0.4) is 0 Å². The Morgan fingerprint density at radius 3 is 2.41 bits per heavy atom. The molecule has 7 nitrogen and oxygen atoms in total. The lowest BCUT2D eigenvalue weighted by Crippen LogP contribution is -2.33. The predicted octanol–water partition coefficient (Wildman–Crippen LogP) is 5.24. The maximum Gasteiger partial charge on any atom is 0.251 e. The maximum absolute atomic E-state index is 12.9. The molecule has 178 valence electrons. The van der Waals surface area contributed by atoms with Gasteiger partial charge in [0.05, 0.1) is 11.8 Å². The van der Waals surface area contributed by atoms with Crippen LogP contribution in [0.1, 0.15) is 41.6 Å². The molecule has 34 heavy (non-hydrogen) atoms. The number of benzene rings is 2. The summed E-state index contributed by atoms with van der Waals surface area (Å²) in [5, 5.41) is 15.3. The summed E-state index contributed by atoms with van der Waals surface area (Å²) < 4.78 is 3.00. The van der Waals surface area contributed by atoms with Crippen LogP contribution in [0.2, 0.25) is 0 Å². The van der Waals surface area contributed by atoms with Gasteiger partial charge in [-0.1, -0.05) is 49.4 Å². The summed E-state index contributed by atoms with van der Waals surface area (Å²) in [5.74, 6) is 0.593. The number of nitrogens with zero attached hydrogens (tertiary/aromatic N) is 3. The number of halogens is 1. The number of carbonyl (C=O) groups is 2. The Morgan fingerprint density at radius 2 is 1.79 bits per heavy atom. The minimum Gasteiger partial charge on any atom is -0.342 e. The van der Waals surface area contributed by atoms with Crippen molar-refractivity contribution < 1.29 is 9.59 Å². The van der Waals surface area contributed by atoms with Crippen molar-refractivity contribution in [1.82, 2.24) is 20.1 Å². The van der Waals surface area contributed by atoms with Gasteiger partial charge in [-0.2, -0.15) is 0 Å². The van der Waals surface area contributed by atoms with Crippen molar-refractivity contribution in [2.75, 3.05) is 11.1 Å². The molecule has 1 atom stereocenters. The lowest BCUT2D eigenvalue weighted by molar-refractivity contribution is -0.113. The molecular formula is C25H28IN5O2S. The first kappa shape index (κ1) is 26.0. The molecule has 1 aromatic heterocycles. The van der Waals surface area contributed by atoms with Crippen LogP contribution in [0.25, 0.3) is 0 Å². The highest BCUT2D eigenvalue weighted by molar-refractivity contribution is 14.1. The lowest BCUT2D eigenvalue weighted by atomic mass is 10.0. The zero-order valence-corrected chi connectivity index (χ0v) is 22.4. The van der Waals surface area contributed by atoms with Gasteiger partial charge in [0, 0.05) is 21.4 Å². The fourth-order valence-corrected chi connectivity index (χ4v) is 4.37. The van der Waals surface area contributed by atoms with Crippen LogP contribution >= 0.6 is 34.4 Å². The van der Waals surface area contributed by atoms with E-state index in [2.05, 4.69) is 50.0 Å². The smallest absolute Gasteiger partial charge is 0.251 e. The molecule has 0 spiro atoms. The molecule has 0 bridgehead atoms. The summed E-state index contributed by atoms with van der Waals surface area (Å²) in [6, 6.07) is 14.7. The summed E-state index contributed by atoms with van der Waals surface area (Å²) in [7, 11) is 0. The highest BCUT2D eigenvalue weighted by Crippen LogP contribution is 2.26. The van der Waals surface area contributed by atoms with Gasteiger partial charge in [0.25, 0.3) is 5.91 Å². The molecule has 0 aliphatic carbocycles. The second-order valence-corrected chi connectivity index (χ2v) is 10.3. The number of allylic oxidation sites excluding steroid dienone is 1. The first-order valence-electron chi connectivity index (χ1n) is 10.9. The number of thioether (sulfide) groups is 1. The molecule has 0 fully saturated rings. The number of nitrogens with one attached hydrogen (secondary N) is 2. The standard InChI is InChI=1S/C25H28IN5O2S/c1-5-14-31-23(22(16(2)3)28-24(33)18-8-6-17(4)7-9-18)29-30-25(31)34-15-21(32)27-20-12-10-19(26)11-13-20/h5-13,16,22H,1,14-15H2,2-4H3,(H,27,32)(H,28,33)/t22-/m0/s1. The Morgan fingerprint density at radius 1 is 1.12 bits per heavy atom. The number of hydrogen-bond donors (Lipinski definition) is 2. The van der Waals surface area contributed by atoms with E-state index >= 15 is 0 Å². The molecular weight excluding hydrogens is 561 g/mol. The summed E-state index contributed by atoms with van der Waals surface area (Å²) in [6.45, 7) is 10.3. The number of aryl methyl sites for hydroxylation is 1. The van der Waals surface area contributed by atoms with Crippen LogP contribution in [0, 0.1) is 16.4 Å². The molecule has 3 aromatic rings. The van der Waals surface area contributed by atoms with Gasteiger partial charge in [-0.25, -0.2) is 0 Å². The topological polar surface area (TPSA) is 88.9 Å². The fraction of sp³-hybridized carbons (Fsp3) is 0.280. The normalized spacial score (nSPS) is 11.8. The molecule has 0 radical (unpaired) electrons. The zero-order valence-electron chi connectivity index (χ0n) is 19.4. The van der Waals surface area contributed by atoms with Crippen LogP contribution in [-0.2, 0) is 11.3 Å². The van der Waals surface area contributed by atoms with Crippen LogP contribution in [-0.4, -0.2) is 32.3 Å². The Hall–Kier alpha value is -2.66. The highest BCUT2D eigenvalue weighted by atomic mass is 127. The van der Waals surface area contributed by atoms with Crippen LogP contribution in [0.5, 0.6) is 0 Å². The van der Waals surface area contributed by atoms with E-state index in [9.17, 15) is 9.59 Å². The number of hydrogen-bond acceptors (Lipinski definition) is 5. The quantitative estimate of drug-likeness (QED) is 0.192. The minimum absolute atomic E-state index is 0.0733. The number of rotatable bonds is 10. The van der Waals surface area contributed by atoms with Gasteiger partial charge >= 0.3 is 0 Å². The van der Waals surface area contributed by atoms with Gasteiger partial charge in [0.1, 0.15) is 0 Å². The number of amides is 2. The molecule has 0 aliphatic heterocycles. The molecule has 2 amide bonds. The Labute approximate surface area is 218 Å². The van der Waals surface area contributed by atoms with Crippen molar-refractivity contribution in [3.63, 3.8) is 0 Å². The zero-order chi connectivity index (χ0) is 24.7. The van der Waals surface area contributed by atoms with Gasteiger partial charge in [-0.05, 0) is 71.8 Å². The predicted molar refractivity (Wildman–Crippen MR) is 145 cm³/mol. The van der Waals surface area contributed by atoms with E-state index in [4.69, 9.17) is 0 Å². The van der Waals surface area contributed by atoms with E-state index in [1.165, 1.54) is 11.8 Å². The van der Waals surface area contributed by atoms with E-state index in [-0.39, 0.29) is 29.5 Å². The monoisotopic (exact) mass is 589 g/mol. The Bertz CT molecular complexity index is 1140. The molecule has 0 saturated heterocycles. The summed E-state index contributed by atoms with van der Waals surface area (Å²) in [4.78, 5) is 25.3. The van der Waals surface area contributed by atoms with Gasteiger partial charge in [-0.15, -0.1) is 16.8 Å². The van der Waals surface area contributed by atoms with E-state index in [0.717, 1.165) is 14.8 Å². The molecule has 0 unspecified atom stereocenters. The molecule has 2 aromatic carbocycles. The van der Waals surface area contributed by atoms with Crippen molar-refractivity contribution in [1.29, 1.82) is 0 Å². The minimum atomic E-state index is -0.351. The molecule has 0 aliphatic rings. The third kappa shape index (κ3) is 6.92. The van der Waals surface area contributed by atoms with E-state index < -0.39 is 0 Å². The van der Waals surface area contributed by atoms with Crippen LogP contribution in [0.15, 0.2) is 66.3 Å². The van der Waals surface area contributed by atoms with Crippen molar-refractivity contribution >= 4 is 51.9 Å². The fourth-order valence-electron chi connectivity index (χ4n) is 3.26. The number of anilines is 1. The number of carbonyl (C=O) groups excluding carboxylic acids is 2. The second-order valence-electron chi connectivity index (χ2n) is 8.14. The summed E-state index contributed by atoms with van der Waals surface area (Å²) >= 11 is 3.52. The van der Waals surface area contributed by atoms with Gasteiger partial charge in [0.2, 0.25) is 5.91 Å². The molecule has 3 rings (SSSR count). The maximum atomic E-state index is 12.9. The third-order valence-electron chi connectivity index (χ3n) is 5.06. The van der Waals surface area contributed by atoms with Crippen molar-refractivity contribution in [3.05, 3.63) is 81.7 Å². The first-order valence-corrected chi connectivity index (χ1v) is 12.9. The lowest BCUT2D eigenvalue weighted by Gasteiger charge is -2.22. The molecule has 1 heterocycles. The number of aromatic nitrogens is 3. The SMILES string of the molecule is C=CCn1c(SCC(=O)Nc2ccc(I)cc2)nnc1[C@@H](NC(=O)c1ccc(C)cc1)C(C)C. The molecule has 2 N–H and O–H groups in total. The van der Waals surface area contributed by atoms with Gasteiger partial charge in [-0.3, -0.25) is 9.59 Å². The Kier molecular flexibility index (Phi) is 9.28. The van der Waals surface area contributed by atoms with Crippen molar-refractivity contribution in [3.8, 4) is 0 Å². The van der Waals surface area contributed by atoms with Crippen molar-refractivity contribution in [2.45, 2.75) is 38.5 Å². The average Bonchev–Trinajstić information content (AvgIpc) is 3.20. The van der Waals surface area contributed by atoms with Crippen LogP contribution in [0.4, 0.5) is 5.69 Å². The van der Waals surface area contributed by atoms with Crippen LogP contribution < -0.4 is 10.6 Å². The average molecular weight is 590 g/mol. The van der Waals surface area contributed by atoms with Crippen molar-refractivity contribution in [2.24, 2.45) is 5.92 Å².